The Morgan fingerprint density at radius 3 is 2.69 bits per heavy atom. The second-order valence-electron chi connectivity index (χ2n) is 6.15. The van der Waals surface area contributed by atoms with Crippen LogP contribution in [0.3, 0.4) is 0 Å². The quantitative estimate of drug-likeness (QED) is 0.693. The molecule has 0 aromatic heterocycles. The van der Waals surface area contributed by atoms with Gasteiger partial charge < -0.3 is 10.1 Å². The monoisotopic (exact) mass is 225 g/mol. The fraction of sp³-hybridized carbons (Fsp3) is 0.923. The number of hydrogen-bond acceptors (Lipinski definition) is 3. The summed E-state index contributed by atoms with van der Waals surface area (Å²) in [5, 5.41) is 3.40. The van der Waals surface area contributed by atoms with Gasteiger partial charge in [0, 0.05) is 0 Å². The van der Waals surface area contributed by atoms with Crippen LogP contribution in [0.5, 0.6) is 0 Å². The number of rotatable bonds is 1. The molecule has 3 atom stereocenters. The summed E-state index contributed by atoms with van der Waals surface area (Å²) in [5.74, 6) is 1.37. The molecule has 92 valence electrons. The SMILES string of the molecule is CC(C)(C)OC(=O)C1CCCC2CNCC21. The zero-order valence-corrected chi connectivity index (χ0v) is 10.6. The number of esters is 1. The van der Waals surface area contributed by atoms with E-state index in [1.807, 2.05) is 20.8 Å². The fourth-order valence-electron chi connectivity index (χ4n) is 3.02. The average Bonchev–Trinajstić information content (AvgIpc) is 2.61. The molecule has 3 heteroatoms. The zero-order valence-electron chi connectivity index (χ0n) is 10.6. The maximum atomic E-state index is 12.1. The zero-order chi connectivity index (χ0) is 11.8. The summed E-state index contributed by atoms with van der Waals surface area (Å²) >= 11 is 0. The normalized spacial score (nSPS) is 34.6. The van der Waals surface area contributed by atoms with Gasteiger partial charge in [-0.05, 0) is 58.5 Å². The van der Waals surface area contributed by atoms with Crippen LogP contribution in [-0.2, 0) is 9.53 Å². The van der Waals surface area contributed by atoms with Gasteiger partial charge in [-0.2, -0.15) is 0 Å². The highest BCUT2D eigenvalue weighted by atomic mass is 16.6. The molecule has 2 aliphatic rings. The van der Waals surface area contributed by atoms with Crippen molar-refractivity contribution in [2.45, 2.75) is 45.6 Å². The minimum Gasteiger partial charge on any atom is -0.460 e. The van der Waals surface area contributed by atoms with Gasteiger partial charge >= 0.3 is 5.97 Å². The molecule has 3 nitrogen and oxygen atoms in total. The van der Waals surface area contributed by atoms with Crippen LogP contribution in [0.25, 0.3) is 0 Å². The molecule has 1 saturated carbocycles. The van der Waals surface area contributed by atoms with E-state index in [9.17, 15) is 4.79 Å². The molecule has 1 aliphatic carbocycles. The first-order chi connectivity index (χ1) is 7.47. The lowest BCUT2D eigenvalue weighted by atomic mass is 9.74. The molecular weight excluding hydrogens is 202 g/mol. The first-order valence-corrected chi connectivity index (χ1v) is 6.41. The van der Waals surface area contributed by atoms with Crippen LogP contribution in [0, 0.1) is 17.8 Å². The van der Waals surface area contributed by atoms with Gasteiger partial charge in [-0.3, -0.25) is 4.79 Å². The van der Waals surface area contributed by atoms with Crippen molar-refractivity contribution in [2.75, 3.05) is 13.1 Å². The number of fused-ring (bicyclic) bond motifs is 1. The largest absolute Gasteiger partial charge is 0.460 e. The van der Waals surface area contributed by atoms with Crippen molar-refractivity contribution in [1.82, 2.24) is 5.32 Å². The van der Waals surface area contributed by atoms with Crippen molar-refractivity contribution in [3.63, 3.8) is 0 Å². The maximum Gasteiger partial charge on any atom is 0.309 e. The van der Waals surface area contributed by atoms with Crippen molar-refractivity contribution in [2.24, 2.45) is 17.8 Å². The topological polar surface area (TPSA) is 38.3 Å². The van der Waals surface area contributed by atoms with Crippen molar-refractivity contribution >= 4 is 5.97 Å². The predicted molar refractivity (Wildman–Crippen MR) is 63.0 cm³/mol. The molecule has 0 aromatic carbocycles. The summed E-state index contributed by atoms with van der Waals surface area (Å²) in [5.41, 5.74) is -0.351. The molecule has 0 amide bonds. The molecule has 1 heterocycles. The fourth-order valence-corrected chi connectivity index (χ4v) is 3.02. The van der Waals surface area contributed by atoms with Gasteiger partial charge in [-0.25, -0.2) is 0 Å². The second-order valence-corrected chi connectivity index (χ2v) is 6.15. The number of ether oxygens (including phenoxy) is 1. The highest BCUT2D eigenvalue weighted by Gasteiger charge is 2.41. The van der Waals surface area contributed by atoms with E-state index in [2.05, 4.69) is 5.32 Å². The van der Waals surface area contributed by atoms with Gasteiger partial charge in [0.15, 0.2) is 0 Å². The lowest BCUT2D eigenvalue weighted by molar-refractivity contribution is -0.163. The molecule has 0 spiro atoms. The molecule has 1 N–H and O–H groups in total. The van der Waals surface area contributed by atoms with E-state index in [-0.39, 0.29) is 17.5 Å². The molecule has 1 aliphatic heterocycles. The van der Waals surface area contributed by atoms with Crippen LogP contribution < -0.4 is 5.32 Å². The summed E-state index contributed by atoms with van der Waals surface area (Å²) < 4.78 is 5.52. The lowest BCUT2D eigenvalue weighted by Crippen LogP contribution is -2.37. The van der Waals surface area contributed by atoms with Crippen molar-refractivity contribution in [3.8, 4) is 0 Å². The molecule has 0 bridgehead atoms. The number of carbonyl (C=O) groups is 1. The minimum absolute atomic E-state index is 0.0194. The van der Waals surface area contributed by atoms with Crippen LogP contribution in [0.2, 0.25) is 0 Å². The van der Waals surface area contributed by atoms with Gasteiger partial charge in [0.1, 0.15) is 5.60 Å². The molecule has 1 saturated heterocycles. The molecule has 2 rings (SSSR count). The Kier molecular flexibility index (Phi) is 3.24. The van der Waals surface area contributed by atoms with Gasteiger partial charge in [0.2, 0.25) is 0 Å². The van der Waals surface area contributed by atoms with Crippen molar-refractivity contribution in [3.05, 3.63) is 0 Å². The summed E-state index contributed by atoms with van der Waals surface area (Å²) in [6.45, 7) is 7.91. The summed E-state index contributed by atoms with van der Waals surface area (Å²) in [7, 11) is 0. The molecule has 3 unspecified atom stereocenters. The van der Waals surface area contributed by atoms with Gasteiger partial charge in [0.05, 0.1) is 5.92 Å². The van der Waals surface area contributed by atoms with Gasteiger partial charge in [0.25, 0.3) is 0 Å². The van der Waals surface area contributed by atoms with Crippen LogP contribution >= 0.6 is 0 Å². The molecular formula is C13H23NO2. The predicted octanol–water partition coefficient (Wildman–Crippen LogP) is 1.96. The Morgan fingerprint density at radius 2 is 2.00 bits per heavy atom. The third kappa shape index (κ3) is 2.57. The number of carbonyl (C=O) groups excluding carboxylic acids is 1. The molecule has 0 aromatic rings. The van der Waals surface area contributed by atoms with E-state index >= 15 is 0 Å². The van der Waals surface area contributed by atoms with E-state index < -0.39 is 0 Å². The first kappa shape index (κ1) is 11.9. The van der Waals surface area contributed by atoms with Gasteiger partial charge in [-0.15, -0.1) is 0 Å². The molecule has 0 radical (unpaired) electrons. The standard InChI is InChI=1S/C13H23NO2/c1-13(2,3)16-12(15)10-6-4-5-9-7-14-8-11(9)10/h9-11,14H,4-8H2,1-3H3. The van der Waals surface area contributed by atoms with Crippen LogP contribution in [0.1, 0.15) is 40.0 Å². The average molecular weight is 225 g/mol. The van der Waals surface area contributed by atoms with E-state index in [4.69, 9.17) is 4.74 Å². The van der Waals surface area contributed by atoms with E-state index in [1.165, 1.54) is 12.8 Å². The molecule has 16 heavy (non-hydrogen) atoms. The minimum atomic E-state index is -0.351. The highest BCUT2D eigenvalue weighted by Crippen LogP contribution is 2.38. The van der Waals surface area contributed by atoms with E-state index in [0.29, 0.717) is 11.8 Å². The van der Waals surface area contributed by atoms with E-state index in [0.717, 1.165) is 19.5 Å². The summed E-state index contributed by atoms with van der Waals surface area (Å²) in [6.07, 6.45) is 3.46. The third-order valence-corrected chi connectivity index (χ3v) is 3.71. The first-order valence-electron chi connectivity index (χ1n) is 6.41. The Bertz CT molecular complexity index is 270. The van der Waals surface area contributed by atoms with Crippen LogP contribution in [-0.4, -0.2) is 24.7 Å². The Morgan fingerprint density at radius 1 is 1.25 bits per heavy atom. The maximum absolute atomic E-state index is 12.1. The lowest BCUT2D eigenvalue weighted by Gasteiger charge is -2.33. The number of hydrogen-bond donors (Lipinski definition) is 1. The second kappa shape index (κ2) is 4.36. The van der Waals surface area contributed by atoms with E-state index in [1.54, 1.807) is 0 Å². The number of nitrogens with one attached hydrogen (secondary N) is 1. The summed E-state index contributed by atoms with van der Waals surface area (Å²) in [4.78, 5) is 12.1. The molecule has 2 fully saturated rings. The Labute approximate surface area is 97.9 Å². The third-order valence-electron chi connectivity index (χ3n) is 3.71. The highest BCUT2D eigenvalue weighted by molar-refractivity contribution is 5.73. The van der Waals surface area contributed by atoms with Crippen LogP contribution in [0.15, 0.2) is 0 Å². The van der Waals surface area contributed by atoms with Crippen LogP contribution in [0.4, 0.5) is 0 Å². The van der Waals surface area contributed by atoms with Crippen molar-refractivity contribution < 1.29 is 9.53 Å². The smallest absolute Gasteiger partial charge is 0.309 e. The van der Waals surface area contributed by atoms with Gasteiger partial charge in [-0.1, -0.05) is 6.42 Å². The Hall–Kier alpha value is -0.570. The summed E-state index contributed by atoms with van der Waals surface area (Å²) in [6, 6.07) is 0. The van der Waals surface area contributed by atoms with Crippen molar-refractivity contribution in [1.29, 1.82) is 0 Å². The Balaban J connectivity index is 2.00.